The van der Waals surface area contributed by atoms with E-state index in [9.17, 15) is 9.90 Å². The number of unbranched alkanes of at least 4 members (excludes halogenated alkanes) is 7. The normalized spacial score (nSPS) is 11.3. The topological polar surface area (TPSA) is 50.4 Å². The van der Waals surface area contributed by atoms with E-state index in [4.69, 9.17) is 4.42 Å². The van der Waals surface area contributed by atoms with Crippen LogP contribution in [0.3, 0.4) is 0 Å². The van der Waals surface area contributed by atoms with Gasteiger partial charge in [-0.05, 0) is 32.1 Å². The first-order chi connectivity index (χ1) is 10.2. The average molecular weight is 292 g/mol. The van der Waals surface area contributed by atoms with Crippen LogP contribution in [0.4, 0.5) is 0 Å². The maximum absolute atomic E-state index is 11.1. The van der Waals surface area contributed by atoms with Gasteiger partial charge in [0, 0.05) is 12.5 Å². The Hall–Kier alpha value is -1.51. The Balaban J connectivity index is 2.02. The van der Waals surface area contributed by atoms with Gasteiger partial charge in [0.1, 0.15) is 11.5 Å². The molecule has 0 amide bonds. The van der Waals surface area contributed by atoms with Crippen LogP contribution in [0.15, 0.2) is 33.5 Å². The molecule has 0 radical (unpaired) electrons. The third-order valence-electron chi connectivity index (χ3n) is 3.49. The number of hydrogen-bond donors (Lipinski definition) is 1. The second-order valence-electron chi connectivity index (χ2n) is 5.52. The monoisotopic (exact) mass is 292 g/mol. The van der Waals surface area contributed by atoms with Crippen LogP contribution in [0.25, 0.3) is 0 Å². The number of rotatable bonds is 11. The van der Waals surface area contributed by atoms with Crippen LogP contribution < -0.4 is 5.63 Å². The molecule has 3 heteroatoms. The van der Waals surface area contributed by atoms with Gasteiger partial charge in [-0.2, -0.15) is 0 Å². The molecule has 0 saturated carbocycles. The van der Waals surface area contributed by atoms with Crippen molar-refractivity contribution in [3.8, 4) is 5.75 Å². The van der Waals surface area contributed by atoms with Crippen molar-refractivity contribution in [2.45, 2.75) is 71.1 Å². The summed E-state index contributed by atoms with van der Waals surface area (Å²) in [5.74, 6) is 0.568. The van der Waals surface area contributed by atoms with Crippen LogP contribution in [0.1, 0.15) is 70.5 Å². The van der Waals surface area contributed by atoms with Crippen LogP contribution in [0.5, 0.6) is 5.75 Å². The van der Waals surface area contributed by atoms with E-state index < -0.39 is 5.63 Å². The van der Waals surface area contributed by atoms with Gasteiger partial charge < -0.3 is 9.52 Å². The first kappa shape index (κ1) is 17.5. The van der Waals surface area contributed by atoms with Crippen molar-refractivity contribution in [3.63, 3.8) is 0 Å². The Labute approximate surface area is 127 Å². The molecular formula is C18H28O3. The molecular weight excluding hydrogens is 264 g/mol. The van der Waals surface area contributed by atoms with Gasteiger partial charge in [-0.15, -0.1) is 0 Å². The largest absolute Gasteiger partial charge is 0.508 e. The van der Waals surface area contributed by atoms with Crippen molar-refractivity contribution in [3.05, 3.63) is 40.5 Å². The molecule has 0 atom stereocenters. The van der Waals surface area contributed by atoms with Crippen molar-refractivity contribution >= 4 is 0 Å². The second kappa shape index (κ2) is 11.2. The molecule has 0 aliphatic rings. The smallest absolute Gasteiger partial charge is 0.339 e. The highest BCUT2D eigenvalue weighted by Gasteiger charge is 2.00. The van der Waals surface area contributed by atoms with Gasteiger partial charge in [0.05, 0.1) is 6.07 Å². The maximum atomic E-state index is 11.1. The summed E-state index contributed by atoms with van der Waals surface area (Å²) >= 11 is 0. The van der Waals surface area contributed by atoms with E-state index in [2.05, 4.69) is 19.1 Å². The SMILES string of the molecule is CCCCCC/C=C/CCCCCc1cc(O)cc(=O)o1. The number of aryl methyl sites for hydroxylation is 1. The van der Waals surface area contributed by atoms with Crippen molar-refractivity contribution in [1.82, 2.24) is 0 Å². The molecule has 1 N–H and O–H groups in total. The lowest BCUT2D eigenvalue weighted by atomic mass is 10.1. The zero-order valence-corrected chi connectivity index (χ0v) is 13.1. The first-order valence-electron chi connectivity index (χ1n) is 8.20. The van der Waals surface area contributed by atoms with E-state index in [0.29, 0.717) is 12.2 Å². The minimum absolute atomic E-state index is 0.00717. The van der Waals surface area contributed by atoms with Gasteiger partial charge in [-0.1, -0.05) is 44.8 Å². The zero-order chi connectivity index (χ0) is 15.3. The Morgan fingerprint density at radius 2 is 1.67 bits per heavy atom. The van der Waals surface area contributed by atoms with E-state index in [1.807, 2.05) is 0 Å². The summed E-state index contributed by atoms with van der Waals surface area (Å²) in [6.07, 6.45) is 16.2. The van der Waals surface area contributed by atoms with Gasteiger partial charge >= 0.3 is 5.63 Å². The molecule has 21 heavy (non-hydrogen) atoms. The second-order valence-corrected chi connectivity index (χ2v) is 5.52. The number of hydrogen-bond acceptors (Lipinski definition) is 3. The molecule has 0 unspecified atom stereocenters. The fraction of sp³-hybridized carbons (Fsp3) is 0.611. The summed E-state index contributed by atoms with van der Waals surface area (Å²) in [5.41, 5.74) is -0.476. The molecule has 118 valence electrons. The Kier molecular flexibility index (Phi) is 9.34. The van der Waals surface area contributed by atoms with Crippen LogP contribution in [0.2, 0.25) is 0 Å². The van der Waals surface area contributed by atoms with Gasteiger partial charge in [-0.25, -0.2) is 4.79 Å². The predicted octanol–water partition coefficient (Wildman–Crippen LogP) is 4.97. The highest BCUT2D eigenvalue weighted by molar-refractivity contribution is 5.18. The molecule has 0 saturated heterocycles. The zero-order valence-electron chi connectivity index (χ0n) is 13.1. The molecule has 1 rings (SSSR count). The van der Waals surface area contributed by atoms with Crippen molar-refractivity contribution in [2.75, 3.05) is 0 Å². The molecule has 0 aliphatic carbocycles. The summed E-state index contributed by atoms with van der Waals surface area (Å²) < 4.78 is 5.02. The van der Waals surface area contributed by atoms with Crippen molar-refractivity contribution in [1.29, 1.82) is 0 Å². The summed E-state index contributed by atoms with van der Waals surface area (Å²) in [5, 5.41) is 9.30. The van der Waals surface area contributed by atoms with E-state index in [1.54, 1.807) is 0 Å². The summed E-state index contributed by atoms with van der Waals surface area (Å²) in [7, 11) is 0. The van der Waals surface area contributed by atoms with Gasteiger partial charge in [0.15, 0.2) is 0 Å². The summed E-state index contributed by atoms with van der Waals surface area (Å²) in [4.78, 5) is 11.1. The van der Waals surface area contributed by atoms with Crippen LogP contribution in [0, 0.1) is 0 Å². The maximum Gasteiger partial charge on any atom is 0.339 e. The fourth-order valence-electron chi connectivity index (χ4n) is 2.30. The van der Waals surface area contributed by atoms with Crippen molar-refractivity contribution in [2.24, 2.45) is 0 Å². The highest BCUT2D eigenvalue weighted by Crippen LogP contribution is 2.12. The molecule has 0 fully saturated rings. The van der Waals surface area contributed by atoms with Crippen LogP contribution in [-0.4, -0.2) is 5.11 Å². The Morgan fingerprint density at radius 1 is 1.00 bits per heavy atom. The summed E-state index contributed by atoms with van der Waals surface area (Å²) in [6.45, 7) is 2.23. The third kappa shape index (κ3) is 9.11. The van der Waals surface area contributed by atoms with Gasteiger partial charge in [0.2, 0.25) is 0 Å². The minimum atomic E-state index is -0.476. The quantitative estimate of drug-likeness (QED) is 0.462. The lowest BCUT2D eigenvalue weighted by Crippen LogP contribution is -1.98. The molecule has 0 spiro atoms. The van der Waals surface area contributed by atoms with E-state index in [-0.39, 0.29) is 5.75 Å². The van der Waals surface area contributed by atoms with E-state index in [1.165, 1.54) is 38.2 Å². The fourth-order valence-corrected chi connectivity index (χ4v) is 2.30. The molecule has 1 aromatic heterocycles. The Bertz CT molecular complexity index is 460. The molecule has 1 aromatic rings. The van der Waals surface area contributed by atoms with E-state index in [0.717, 1.165) is 31.7 Å². The van der Waals surface area contributed by atoms with Crippen molar-refractivity contribution < 1.29 is 9.52 Å². The molecule has 1 heterocycles. The first-order valence-corrected chi connectivity index (χ1v) is 8.20. The highest BCUT2D eigenvalue weighted by atomic mass is 16.4. The standard InChI is InChI=1S/C18H28O3/c1-2-3-4-5-6-7-8-9-10-11-12-13-17-14-16(19)15-18(20)21-17/h7-8,14-15,19H,2-6,9-13H2,1H3/b8-7+. The minimum Gasteiger partial charge on any atom is -0.508 e. The predicted molar refractivity (Wildman–Crippen MR) is 86.7 cm³/mol. The lowest BCUT2D eigenvalue weighted by molar-refractivity contribution is 0.419. The van der Waals surface area contributed by atoms with Gasteiger partial charge in [-0.3, -0.25) is 0 Å². The molecule has 0 aromatic carbocycles. The molecule has 0 aliphatic heterocycles. The Morgan fingerprint density at radius 3 is 2.29 bits per heavy atom. The van der Waals surface area contributed by atoms with E-state index >= 15 is 0 Å². The molecule has 0 bridgehead atoms. The average Bonchev–Trinajstić information content (AvgIpc) is 2.44. The third-order valence-corrected chi connectivity index (χ3v) is 3.49. The van der Waals surface area contributed by atoms with Crippen LogP contribution in [-0.2, 0) is 6.42 Å². The lowest BCUT2D eigenvalue weighted by Gasteiger charge is -2.00. The van der Waals surface area contributed by atoms with Crippen LogP contribution >= 0.6 is 0 Å². The molecule has 3 nitrogen and oxygen atoms in total. The number of allylic oxidation sites excluding steroid dienone is 2. The summed E-state index contributed by atoms with van der Waals surface area (Å²) in [6, 6.07) is 2.62. The van der Waals surface area contributed by atoms with Gasteiger partial charge in [0.25, 0.3) is 0 Å². The number of aromatic hydroxyl groups is 1.